The predicted molar refractivity (Wildman–Crippen MR) is 61.7 cm³/mol. The Morgan fingerprint density at radius 3 is 2.50 bits per heavy atom. The predicted octanol–water partition coefficient (Wildman–Crippen LogP) is -1.05. The van der Waals surface area contributed by atoms with E-state index in [0.29, 0.717) is 0 Å². The Morgan fingerprint density at radius 1 is 1.44 bits per heavy atom. The number of carbonyl (C=O) groups is 3. The standard InChI is InChI=1S/C11H18N2O5/c1-3-8(11(17)18)12-10(16)9-4-7(15)5-13(9)6(2)14/h7-9,15H,3-5H2,1-2H3,(H,12,16)(H,17,18)/t7-,8-,9+/m1/s1. The molecule has 1 rings (SSSR count). The van der Waals surface area contributed by atoms with E-state index in [1.807, 2.05) is 0 Å². The molecule has 7 heteroatoms. The van der Waals surface area contributed by atoms with Gasteiger partial charge in [-0.15, -0.1) is 0 Å². The minimum absolute atomic E-state index is 0.108. The third-order valence-corrected chi connectivity index (χ3v) is 3.01. The third-order valence-electron chi connectivity index (χ3n) is 3.01. The van der Waals surface area contributed by atoms with E-state index in [2.05, 4.69) is 5.32 Å². The number of β-amino-alcohol motifs (C(OH)–C–C–N with tert-alkyl or cyclic N) is 1. The highest BCUT2D eigenvalue weighted by atomic mass is 16.4. The lowest BCUT2D eigenvalue weighted by Gasteiger charge is -2.23. The maximum atomic E-state index is 11.9. The SMILES string of the molecule is CC[C@@H](NC(=O)[C@@H]1C[C@@H](O)CN1C(C)=O)C(=O)O. The molecule has 2 amide bonds. The summed E-state index contributed by atoms with van der Waals surface area (Å²) in [5, 5.41) is 20.7. The zero-order valence-corrected chi connectivity index (χ0v) is 10.4. The molecule has 1 heterocycles. The van der Waals surface area contributed by atoms with Crippen molar-refractivity contribution in [1.82, 2.24) is 10.2 Å². The Balaban J connectivity index is 2.70. The van der Waals surface area contributed by atoms with Crippen LogP contribution in [0.2, 0.25) is 0 Å². The number of aliphatic hydroxyl groups is 1. The van der Waals surface area contributed by atoms with Gasteiger partial charge in [0.1, 0.15) is 12.1 Å². The summed E-state index contributed by atoms with van der Waals surface area (Å²) < 4.78 is 0. The minimum atomic E-state index is -1.11. The number of aliphatic carboxylic acids is 1. The molecule has 1 saturated heterocycles. The third kappa shape index (κ3) is 3.19. The number of carboxylic acids is 1. The zero-order chi connectivity index (χ0) is 13.9. The molecule has 3 N–H and O–H groups in total. The zero-order valence-electron chi connectivity index (χ0n) is 10.4. The molecule has 0 aromatic carbocycles. The highest BCUT2D eigenvalue weighted by Crippen LogP contribution is 2.18. The molecular formula is C11H18N2O5. The molecule has 18 heavy (non-hydrogen) atoms. The van der Waals surface area contributed by atoms with Gasteiger partial charge in [-0.3, -0.25) is 9.59 Å². The van der Waals surface area contributed by atoms with E-state index in [0.717, 1.165) is 0 Å². The Kier molecular flexibility index (Phi) is 4.66. The second kappa shape index (κ2) is 5.81. The highest BCUT2D eigenvalue weighted by Gasteiger charge is 2.38. The van der Waals surface area contributed by atoms with Crippen LogP contribution in [0.4, 0.5) is 0 Å². The van der Waals surface area contributed by atoms with Crippen molar-refractivity contribution in [3.8, 4) is 0 Å². The van der Waals surface area contributed by atoms with Gasteiger partial charge in [0.05, 0.1) is 6.10 Å². The molecule has 1 aliphatic heterocycles. The monoisotopic (exact) mass is 258 g/mol. The average molecular weight is 258 g/mol. The van der Waals surface area contributed by atoms with Crippen molar-refractivity contribution < 1.29 is 24.6 Å². The van der Waals surface area contributed by atoms with Crippen molar-refractivity contribution in [1.29, 1.82) is 0 Å². The van der Waals surface area contributed by atoms with Crippen LogP contribution >= 0.6 is 0 Å². The molecule has 3 atom stereocenters. The van der Waals surface area contributed by atoms with Crippen molar-refractivity contribution in [2.24, 2.45) is 0 Å². The summed E-state index contributed by atoms with van der Waals surface area (Å²) in [5.74, 6) is -1.95. The normalized spacial score (nSPS) is 24.7. The van der Waals surface area contributed by atoms with Crippen LogP contribution in [0.1, 0.15) is 26.7 Å². The molecule has 0 aromatic heterocycles. The van der Waals surface area contributed by atoms with Crippen molar-refractivity contribution >= 4 is 17.8 Å². The van der Waals surface area contributed by atoms with Gasteiger partial charge in [0.25, 0.3) is 0 Å². The number of nitrogens with one attached hydrogen (secondary N) is 1. The Hall–Kier alpha value is -1.63. The maximum absolute atomic E-state index is 11.9. The summed E-state index contributed by atoms with van der Waals surface area (Å²) in [6, 6.07) is -1.75. The topological polar surface area (TPSA) is 107 Å². The summed E-state index contributed by atoms with van der Waals surface area (Å²) in [4.78, 5) is 35.3. The first kappa shape index (κ1) is 14.4. The van der Waals surface area contributed by atoms with E-state index in [4.69, 9.17) is 5.11 Å². The fourth-order valence-corrected chi connectivity index (χ4v) is 2.02. The van der Waals surface area contributed by atoms with E-state index >= 15 is 0 Å². The van der Waals surface area contributed by atoms with Crippen LogP contribution in [0.5, 0.6) is 0 Å². The second-order valence-electron chi connectivity index (χ2n) is 4.38. The lowest BCUT2D eigenvalue weighted by Crippen LogP contribution is -2.50. The van der Waals surface area contributed by atoms with Crippen LogP contribution in [-0.2, 0) is 14.4 Å². The molecule has 0 radical (unpaired) electrons. The van der Waals surface area contributed by atoms with E-state index in [9.17, 15) is 19.5 Å². The molecule has 102 valence electrons. The van der Waals surface area contributed by atoms with E-state index in [1.54, 1.807) is 6.92 Å². The molecule has 0 aromatic rings. The van der Waals surface area contributed by atoms with E-state index < -0.39 is 30.1 Å². The molecule has 1 fully saturated rings. The lowest BCUT2D eigenvalue weighted by atomic mass is 10.1. The first-order valence-electron chi connectivity index (χ1n) is 5.85. The summed E-state index contributed by atoms with van der Waals surface area (Å²) in [6.07, 6.45) is -0.340. The fraction of sp³-hybridized carbons (Fsp3) is 0.727. The first-order chi connectivity index (χ1) is 8.36. The quantitative estimate of drug-likeness (QED) is 0.596. The van der Waals surface area contributed by atoms with Gasteiger partial charge < -0.3 is 20.4 Å². The Bertz CT molecular complexity index is 357. The molecule has 0 saturated carbocycles. The number of hydrogen-bond donors (Lipinski definition) is 3. The van der Waals surface area contributed by atoms with Gasteiger partial charge in [-0.25, -0.2) is 4.79 Å². The van der Waals surface area contributed by atoms with Gasteiger partial charge >= 0.3 is 5.97 Å². The Labute approximate surface area is 105 Å². The maximum Gasteiger partial charge on any atom is 0.326 e. The van der Waals surface area contributed by atoms with Crippen molar-refractivity contribution in [3.05, 3.63) is 0 Å². The summed E-state index contributed by atoms with van der Waals surface area (Å²) >= 11 is 0. The summed E-state index contributed by atoms with van der Waals surface area (Å²) in [5.41, 5.74) is 0. The molecule has 0 spiro atoms. The van der Waals surface area contributed by atoms with Crippen molar-refractivity contribution in [2.75, 3.05) is 6.54 Å². The molecule has 0 aliphatic carbocycles. The highest BCUT2D eigenvalue weighted by molar-refractivity contribution is 5.90. The van der Waals surface area contributed by atoms with Crippen LogP contribution in [-0.4, -0.2) is 57.6 Å². The molecule has 1 aliphatic rings. The van der Waals surface area contributed by atoms with Gasteiger partial charge in [-0.2, -0.15) is 0 Å². The van der Waals surface area contributed by atoms with E-state index in [-0.39, 0.29) is 25.3 Å². The smallest absolute Gasteiger partial charge is 0.326 e. The molecule has 0 bridgehead atoms. The van der Waals surface area contributed by atoms with Crippen LogP contribution in [0.15, 0.2) is 0 Å². The number of likely N-dealkylation sites (tertiary alicyclic amines) is 1. The number of carboxylic acid groups (broad SMARTS) is 1. The number of amides is 2. The first-order valence-corrected chi connectivity index (χ1v) is 5.85. The fourth-order valence-electron chi connectivity index (χ4n) is 2.02. The van der Waals surface area contributed by atoms with Gasteiger partial charge in [-0.05, 0) is 6.42 Å². The van der Waals surface area contributed by atoms with Gasteiger partial charge in [0.15, 0.2) is 0 Å². The van der Waals surface area contributed by atoms with Gasteiger partial charge in [0.2, 0.25) is 11.8 Å². The molecule has 7 nitrogen and oxygen atoms in total. The molecule has 0 unspecified atom stereocenters. The lowest BCUT2D eigenvalue weighted by molar-refractivity contribution is -0.143. The van der Waals surface area contributed by atoms with Gasteiger partial charge in [-0.1, -0.05) is 6.92 Å². The molecular weight excluding hydrogens is 240 g/mol. The van der Waals surface area contributed by atoms with Crippen LogP contribution < -0.4 is 5.32 Å². The van der Waals surface area contributed by atoms with Crippen LogP contribution in [0.3, 0.4) is 0 Å². The number of rotatable bonds is 4. The number of hydrogen-bond acceptors (Lipinski definition) is 4. The number of nitrogens with zero attached hydrogens (tertiary/aromatic N) is 1. The number of carbonyl (C=O) groups excluding carboxylic acids is 2. The largest absolute Gasteiger partial charge is 0.480 e. The van der Waals surface area contributed by atoms with Crippen molar-refractivity contribution in [2.45, 2.75) is 44.9 Å². The second-order valence-corrected chi connectivity index (χ2v) is 4.38. The Morgan fingerprint density at radius 2 is 2.06 bits per heavy atom. The van der Waals surface area contributed by atoms with E-state index in [1.165, 1.54) is 11.8 Å². The number of aliphatic hydroxyl groups excluding tert-OH is 1. The van der Waals surface area contributed by atoms with Crippen LogP contribution in [0.25, 0.3) is 0 Å². The van der Waals surface area contributed by atoms with Crippen LogP contribution in [0, 0.1) is 0 Å². The summed E-state index contributed by atoms with van der Waals surface area (Å²) in [7, 11) is 0. The van der Waals surface area contributed by atoms with Gasteiger partial charge in [0, 0.05) is 19.9 Å². The minimum Gasteiger partial charge on any atom is -0.480 e. The average Bonchev–Trinajstić information content (AvgIpc) is 2.67. The summed E-state index contributed by atoms with van der Waals surface area (Å²) in [6.45, 7) is 3.06. The van der Waals surface area contributed by atoms with Crippen molar-refractivity contribution in [3.63, 3.8) is 0 Å².